The molecule has 0 aromatic heterocycles. The minimum absolute atomic E-state index is 0.683. The number of nitrogens with two attached hydrogens (primary N) is 8. The van der Waals surface area contributed by atoms with Crippen molar-refractivity contribution in [2.75, 3.05) is 85.1 Å². The Bertz CT molecular complexity index is 1160. The number of benzene rings is 2. The third-order valence-corrected chi connectivity index (χ3v) is 14.4. The Balaban J connectivity index is 0.00000146. The third kappa shape index (κ3) is 26.2. The van der Waals surface area contributed by atoms with Crippen LogP contribution in [0.1, 0.15) is 125 Å². The fraction of sp³-hybridized carbons (Fsp3) is 0.739. The van der Waals surface area contributed by atoms with Gasteiger partial charge in [0.2, 0.25) is 0 Å². The summed E-state index contributed by atoms with van der Waals surface area (Å²) in [5, 5.41) is 23.9. The number of halogens is 6. The molecule has 0 unspecified atom stereocenters. The molecular weight excluding hydrogens is 1210 g/mol. The van der Waals surface area contributed by atoms with Gasteiger partial charge in [-0.25, -0.2) is 0 Å². The van der Waals surface area contributed by atoms with Gasteiger partial charge in [-0.05, 0) is 210 Å². The minimum Gasteiger partial charge on any atom is -0.330 e. The van der Waals surface area contributed by atoms with E-state index in [0.29, 0.717) is 32.7 Å². The molecule has 2 aromatic carbocycles. The monoisotopic (exact) mass is 1300 g/mol. The molecule has 0 saturated carbocycles. The van der Waals surface area contributed by atoms with Gasteiger partial charge < -0.3 is 72.5 Å². The maximum atomic E-state index is 5.86. The Kier molecular flexibility index (Phi) is 46.5. The summed E-state index contributed by atoms with van der Waals surface area (Å²) in [6, 6.07) is 0. The fourth-order valence-corrected chi connectivity index (χ4v) is 11.5. The predicted molar refractivity (Wildman–Crippen MR) is 305 cm³/mol. The Labute approximate surface area is 445 Å². The van der Waals surface area contributed by atoms with E-state index in [4.69, 9.17) is 45.9 Å². The highest BCUT2D eigenvalue weighted by molar-refractivity contribution is 9.09. The van der Waals surface area contributed by atoms with Crippen molar-refractivity contribution in [2.24, 2.45) is 45.9 Å². The molecule has 0 saturated heterocycles. The molecule has 380 valence electrons. The van der Waals surface area contributed by atoms with Crippen molar-refractivity contribution in [2.45, 2.75) is 129 Å². The molecule has 0 aliphatic rings. The van der Waals surface area contributed by atoms with E-state index in [9.17, 15) is 0 Å². The van der Waals surface area contributed by atoms with Crippen LogP contribution in [0, 0.1) is 0 Å². The number of nitrogens with one attached hydrogen (secondary N) is 5. The van der Waals surface area contributed by atoms with Crippen molar-refractivity contribution in [1.29, 1.82) is 0 Å². The van der Waals surface area contributed by atoms with Crippen LogP contribution in [-0.2, 0) is 71.1 Å². The molecule has 2 rings (SSSR count). The average molecular weight is 1300 g/mol. The lowest BCUT2D eigenvalue weighted by atomic mass is 9.83. The van der Waals surface area contributed by atoms with Crippen molar-refractivity contribution >= 4 is 95.6 Å². The van der Waals surface area contributed by atoms with Gasteiger partial charge in [-0.15, -0.1) is 0 Å². The molecule has 19 heteroatoms. The fourth-order valence-electron chi connectivity index (χ4n) is 7.47. The van der Waals surface area contributed by atoms with Gasteiger partial charge in [0.05, 0.1) is 0 Å². The molecule has 13 nitrogen and oxygen atoms in total. The minimum atomic E-state index is 0.683. The second-order valence-electron chi connectivity index (χ2n) is 15.7. The van der Waals surface area contributed by atoms with Gasteiger partial charge in [-0.3, -0.25) is 0 Å². The van der Waals surface area contributed by atoms with Crippen LogP contribution in [0.15, 0.2) is 0 Å². The van der Waals surface area contributed by atoms with Gasteiger partial charge in [0.15, 0.2) is 0 Å². The van der Waals surface area contributed by atoms with E-state index in [1.54, 1.807) is 0 Å². The lowest BCUT2D eigenvalue weighted by molar-refractivity contribution is 0.586. The molecule has 65 heavy (non-hydrogen) atoms. The molecule has 0 amide bonds. The summed E-state index contributed by atoms with van der Waals surface area (Å²) < 4.78 is 0. The summed E-state index contributed by atoms with van der Waals surface area (Å²) in [7, 11) is 0. The SMILES string of the molecule is BrCc1c(CBr)c(CBr)c(CBr)c(CBr)c1CBr.NCCCCCc1c(CNCCCN)c(CNCCCN)c(CNCCCN)c(CNCCCN)c1CNCCCN.NCCCN. The zero-order valence-corrected chi connectivity index (χ0v) is 48.9. The molecule has 0 spiro atoms. The summed E-state index contributed by atoms with van der Waals surface area (Å²) >= 11 is 21.8. The second kappa shape index (κ2) is 45.9. The standard InChI is InChI=1S/C31H67N11.C12H12Br6.C3H10N2/c32-10-3-1-2-9-26-27(21-38-16-4-11-33)29(23-40-18-6-13-35)31(25-42-20-8-15-37)30(24-41-19-7-14-36)28(26)22-39-17-5-12-34;13-1-7-8(2-14)10(4-16)12(6-18)11(5-17)9(7)3-15;4-2-1-3-5/h38-42H,1-25,32-37H2;1-6H2;1-5H2. The first-order chi connectivity index (χ1) is 31.8. The molecule has 21 N–H and O–H groups in total. The number of unbranched alkanes of at least 4 members (excludes halogenated alkanes) is 2. The van der Waals surface area contributed by atoms with Gasteiger partial charge in [0.1, 0.15) is 0 Å². The number of alkyl halides is 6. The second-order valence-corrected chi connectivity index (χ2v) is 19.0. The molecular formula is C46H89Br6N13. The average Bonchev–Trinajstić information content (AvgIpc) is 3.32. The van der Waals surface area contributed by atoms with Crippen LogP contribution in [0.5, 0.6) is 0 Å². The van der Waals surface area contributed by atoms with E-state index < -0.39 is 0 Å². The molecule has 0 atom stereocenters. The van der Waals surface area contributed by atoms with Crippen molar-refractivity contribution < 1.29 is 0 Å². The summed E-state index contributed by atoms with van der Waals surface area (Å²) in [5.41, 5.74) is 62.1. The maximum absolute atomic E-state index is 5.86. The number of hydrogen-bond donors (Lipinski definition) is 13. The normalized spacial score (nSPS) is 11.2. The highest BCUT2D eigenvalue weighted by atomic mass is 79.9. The summed E-state index contributed by atoms with van der Waals surface area (Å²) in [6.45, 7) is 14.2. The van der Waals surface area contributed by atoms with Crippen LogP contribution in [0.3, 0.4) is 0 Å². The predicted octanol–water partition coefficient (Wildman–Crippen LogP) is 5.90. The van der Waals surface area contributed by atoms with Crippen molar-refractivity contribution in [3.05, 3.63) is 66.8 Å². The first-order valence-corrected chi connectivity index (χ1v) is 30.4. The highest BCUT2D eigenvalue weighted by Crippen LogP contribution is 2.36. The maximum Gasteiger partial charge on any atom is 0.0289 e. The van der Waals surface area contributed by atoms with Crippen molar-refractivity contribution in [3.63, 3.8) is 0 Å². The van der Waals surface area contributed by atoms with E-state index in [0.717, 1.165) is 181 Å². The van der Waals surface area contributed by atoms with Crippen LogP contribution in [-0.4, -0.2) is 85.1 Å². The summed E-state index contributed by atoms with van der Waals surface area (Å²) in [5.74, 6) is 0. The van der Waals surface area contributed by atoms with Crippen LogP contribution in [0.2, 0.25) is 0 Å². The molecule has 0 radical (unpaired) electrons. The molecule has 0 fully saturated rings. The van der Waals surface area contributed by atoms with E-state index in [1.165, 1.54) is 66.8 Å². The first-order valence-electron chi connectivity index (χ1n) is 23.6. The van der Waals surface area contributed by atoms with Crippen LogP contribution >= 0.6 is 95.6 Å². The highest BCUT2D eigenvalue weighted by Gasteiger charge is 2.24. The Morgan fingerprint density at radius 1 is 0.231 bits per heavy atom. The Morgan fingerprint density at radius 3 is 0.631 bits per heavy atom. The molecule has 0 aliphatic heterocycles. The van der Waals surface area contributed by atoms with E-state index in [1.807, 2.05) is 0 Å². The topological polar surface area (TPSA) is 268 Å². The van der Waals surface area contributed by atoms with Gasteiger partial charge in [-0.2, -0.15) is 0 Å². The summed E-state index contributed by atoms with van der Waals surface area (Å²) in [6.07, 6.45) is 10.1. The Hall–Kier alpha value is 0.800. The zero-order chi connectivity index (χ0) is 48.5. The van der Waals surface area contributed by atoms with Gasteiger partial charge in [-0.1, -0.05) is 102 Å². The molecule has 2 aromatic rings. The molecule has 0 bridgehead atoms. The van der Waals surface area contributed by atoms with Gasteiger partial charge in [0.25, 0.3) is 0 Å². The lowest BCUT2D eigenvalue weighted by Gasteiger charge is -2.29. The van der Waals surface area contributed by atoms with Crippen molar-refractivity contribution in [3.8, 4) is 0 Å². The largest absolute Gasteiger partial charge is 0.330 e. The third-order valence-electron chi connectivity index (χ3n) is 11.0. The smallest absolute Gasteiger partial charge is 0.0289 e. The zero-order valence-electron chi connectivity index (χ0n) is 39.4. The van der Waals surface area contributed by atoms with E-state index >= 15 is 0 Å². The number of rotatable bonds is 38. The summed E-state index contributed by atoms with van der Waals surface area (Å²) in [4.78, 5) is 0. The van der Waals surface area contributed by atoms with E-state index in [2.05, 4.69) is 122 Å². The molecule has 0 aliphatic carbocycles. The van der Waals surface area contributed by atoms with E-state index in [-0.39, 0.29) is 0 Å². The van der Waals surface area contributed by atoms with Crippen LogP contribution < -0.4 is 72.5 Å². The number of hydrogen-bond acceptors (Lipinski definition) is 13. The Morgan fingerprint density at radius 2 is 0.446 bits per heavy atom. The van der Waals surface area contributed by atoms with Crippen LogP contribution in [0.4, 0.5) is 0 Å². The first kappa shape index (κ1) is 65.8. The van der Waals surface area contributed by atoms with Gasteiger partial charge in [0, 0.05) is 64.7 Å². The van der Waals surface area contributed by atoms with Crippen LogP contribution in [0.25, 0.3) is 0 Å². The van der Waals surface area contributed by atoms with Gasteiger partial charge >= 0.3 is 0 Å². The lowest BCUT2D eigenvalue weighted by Crippen LogP contribution is -2.30. The quantitative estimate of drug-likeness (QED) is 0.0276. The molecule has 0 heterocycles. The van der Waals surface area contributed by atoms with Crippen molar-refractivity contribution in [1.82, 2.24) is 26.6 Å².